The highest BCUT2D eigenvalue weighted by Gasteiger charge is 2.27. The minimum absolute atomic E-state index is 0.135. The summed E-state index contributed by atoms with van der Waals surface area (Å²) in [7, 11) is 1.93. The number of carbonyl (C=O) groups excluding carboxylic acids is 1. The summed E-state index contributed by atoms with van der Waals surface area (Å²) in [5.74, 6) is 0.135. The zero-order valence-electron chi connectivity index (χ0n) is 13.3. The quantitative estimate of drug-likeness (QED) is 0.726. The normalized spacial score (nSPS) is 18.7. The van der Waals surface area contributed by atoms with Crippen LogP contribution in [0.5, 0.6) is 0 Å². The fourth-order valence-corrected chi connectivity index (χ4v) is 4.43. The summed E-state index contributed by atoms with van der Waals surface area (Å²) >= 11 is 1.54. The van der Waals surface area contributed by atoms with Gasteiger partial charge in [0.05, 0.1) is 22.9 Å². The fraction of sp³-hybridized carbons (Fsp3) is 0.438. The van der Waals surface area contributed by atoms with Crippen LogP contribution in [-0.4, -0.2) is 43.2 Å². The van der Waals surface area contributed by atoms with Crippen molar-refractivity contribution >= 4 is 27.5 Å². The first-order chi connectivity index (χ1) is 11.1. The Balaban J connectivity index is 1.58. The van der Waals surface area contributed by atoms with Crippen LogP contribution in [0.2, 0.25) is 0 Å². The van der Waals surface area contributed by atoms with Gasteiger partial charge in [0.15, 0.2) is 0 Å². The number of thiophene rings is 1. The topological polar surface area (TPSA) is 56.0 Å². The SMILES string of the molecule is Cc1nn(C)c2sc(C(=O)N3CCC[C@H](n4ccnc4)C3)cc12. The Bertz CT molecular complexity index is 813. The summed E-state index contributed by atoms with van der Waals surface area (Å²) < 4.78 is 3.97. The molecule has 0 aliphatic carbocycles. The van der Waals surface area contributed by atoms with Gasteiger partial charge < -0.3 is 9.47 Å². The van der Waals surface area contributed by atoms with Crippen LogP contribution in [-0.2, 0) is 7.05 Å². The Morgan fingerprint density at radius 2 is 2.30 bits per heavy atom. The Morgan fingerprint density at radius 1 is 1.43 bits per heavy atom. The average Bonchev–Trinajstić information content (AvgIpc) is 3.27. The van der Waals surface area contributed by atoms with Crippen LogP contribution < -0.4 is 0 Å². The fourth-order valence-electron chi connectivity index (χ4n) is 3.33. The minimum atomic E-state index is 0.135. The van der Waals surface area contributed by atoms with Gasteiger partial charge in [-0.1, -0.05) is 0 Å². The first-order valence-electron chi connectivity index (χ1n) is 7.83. The first-order valence-corrected chi connectivity index (χ1v) is 8.65. The van der Waals surface area contributed by atoms with Crippen LogP contribution in [0, 0.1) is 6.92 Å². The van der Waals surface area contributed by atoms with Crippen LogP contribution in [0.25, 0.3) is 10.2 Å². The molecule has 1 saturated heterocycles. The first kappa shape index (κ1) is 14.4. The van der Waals surface area contributed by atoms with Crippen molar-refractivity contribution in [3.63, 3.8) is 0 Å². The van der Waals surface area contributed by atoms with E-state index in [0.717, 1.165) is 46.7 Å². The van der Waals surface area contributed by atoms with Crippen LogP contribution in [0.4, 0.5) is 0 Å². The molecule has 3 aromatic rings. The van der Waals surface area contributed by atoms with Gasteiger partial charge in [0.1, 0.15) is 4.83 Å². The highest BCUT2D eigenvalue weighted by molar-refractivity contribution is 7.20. The number of carbonyl (C=O) groups is 1. The molecular weight excluding hydrogens is 310 g/mol. The molecule has 0 saturated carbocycles. The maximum Gasteiger partial charge on any atom is 0.264 e. The number of aromatic nitrogens is 4. The molecule has 0 N–H and O–H groups in total. The Kier molecular flexibility index (Phi) is 3.45. The number of fused-ring (bicyclic) bond motifs is 1. The van der Waals surface area contributed by atoms with Crippen molar-refractivity contribution in [1.82, 2.24) is 24.2 Å². The zero-order chi connectivity index (χ0) is 16.0. The van der Waals surface area contributed by atoms with Gasteiger partial charge in [-0.15, -0.1) is 11.3 Å². The number of piperidine rings is 1. The van der Waals surface area contributed by atoms with E-state index >= 15 is 0 Å². The van der Waals surface area contributed by atoms with Crippen molar-refractivity contribution in [2.75, 3.05) is 13.1 Å². The summed E-state index contributed by atoms with van der Waals surface area (Å²) in [5, 5.41) is 5.49. The van der Waals surface area contributed by atoms with E-state index in [1.165, 1.54) is 11.3 Å². The third-order valence-corrected chi connectivity index (χ3v) is 5.73. The second-order valence-corrected chi connectivity index (χ2v) is 7.13. The van der Waals surface area contributed by atoms with Crippen LogP contribution in [0.1, 0.15) is 34.2 Å². The van der Waals surface area contributed by atoms with Crippen molar-refractivity contribution in [2.45, 2.75) is 25.8 Å². The number of nitrogens with zero attached hydrogens (tertiary/aromatic N) is 5. The number of amides is 1. The van der Waals surface area contributed by atoms with Gasteiger partial charge in [-0.3, -0.25) is 9.48 Å². The Hall–Kier alpha value is -2.15. The molecule has 0 bridgehead atoms. The van der Waals surface area contributed by atoms with Gasteiger partial charge in [-0.2, -0.15) is 5.10 Å². The van der Waals surface area contributed by atoms with E-state index in [2.05, 4.69) is 14.6 Å². The van der Waals surface area contributed by atoms with Crippen molar-refractivity contribution in [3.8, 4) is 0 Å². The molecule has 1 aliphatic rings. The lowest BCUT2D eigenvalue weighted by Gasteiger charge is -2.33. The maximum atomic E-state index is 12.9. The van der Waals surface area contributed by atoms with Crippen LogP contribution in [0.15, 0.2) is 24.8 Å². The number of likely N-dealkylation sites (tertiary alicyclic amines) is 1. The lowest BCUT2D eigenvalue weighted by Crippen LogP contribution is -2.40. The number of hydrogen-bond donors (Lipinski definition) is 0. The molecule has 6 nitrogen and oxygen atoms in total. The van der Waals surface area contributed by atoms with Crippen LogP contribution >= 0.6 is 11.3 Å². The molecule has 0 unspecified atom stereocenters. The lowest BCUT2D eigenvalue weighted by atomic mass is 10.1. The summed E-state index contributed by atoms with van der Waals surface area (Å²) in [5.41, 5.74) is 0.979. The van der Waals surface area contributed by atoms with Gasteiger partial charge in [-0.05, 0) is 25.8 Å². The minimum Gasteiger partial charge on any atom is -0.336 e. The zero-order valence-corrected chi connectivity index (χ0v) is 14.1. The highest BCUT2D eigenvalue weighted by Crippen LogP contribution is 2.30. The molecule has 0 spiro atoms. The smallest absolute Gasteiger partial charge is 0.264 e. The molecular formula is C16H19N5OS. The second-order valence-electron chi connectivity index (χ2n) is 6.10. The van der Waals surface area contributed by atoms with Crippen molar-refractivity contribution in [1.29, 1.82) is 0 Å². The van der Waals surface area contributed by atoms with Crippen molar-refractivity contribution in [3.05, 3.63) is 35.4 Å². The van der Waals surface area contributed by atoms with Crippen molar-refractivity contribution < 1.29 is 4.79 Å². The molecule has 4 rings (SSSR count). The standard InChI is InChI=1S/C16H19N5OS/c1-11-13-8-14(23-16(13)19(2)18-11)15(22)20-6-3-4-12(9-20)21-7-5-17-10-21/h5,7-8,10,12H,3-4,6,9H2,1-2H3/t12-/m0/s1. The third-order valence-electron chi connectivity index (χ3n) is 4.54. The number of hydrogen-bond acceptors (Lipinski definition) is 4. The molecule has 3 aromatic heterocycles. The number of aryl methyl sites for hydroxylation is 2. The van der Waals surface area contributed by atoms with E-state index in [-0.39, 0.29) is 5.91 Å². The Morgan fingerprint density at radius 3 is 3.04 bits per heavy atom. The molecule has 0 aromatic carbocycles. The lowest BCUT2D eigenvalue weighted by molar-refractivity contribution is 0.0684. The number of imidazole rings is 1. The van der Waals surface area contributed by atoms with Crippen LogP contribution in [0.3, 0.4) is 0 Å². The Labute approximate surface area is 138 Å². The molecule has 4 heterocycles. The van der Waals surface area contributed by atoms with E-state index in [9.17, 15) is 4.79 Å². The maximum absolute atomic E-state index is 12.9. The van der Waals surface area contributed by atoms with E-state index in [4.69, 9.17) is 0 Å². The predicted molar refractivity (Wildman–Crippen MR) is 89.7 cm³/mol. The van der Waals surface area contributed by atoms with E-state index in [1.54, 1.807) is 6.20 Å². The van der Waals surface area contributed by atoms with E-state index in [0.29, 0.717) is 6.04 Å². The molecule has 1 fully saturated rings. The van der Waals surface area contributed by atoms with E-state index in [1.807, 2.05) is 42.1 Å². The van der Waals surface area contributed by atoms with Crippen molar-refractivity contribution in [2.24, 2.45) is 7.05 Å². The number of rotatable bonds is 2. The highest BCUT2D eigenvalue weighted by atomic mass is 32.1. The van der Waals surface area contributed by atoms with Gasteiger partial charge in [0.2, 0.25) is 0 Å². The van der Waals surface area contributed by atoms with Gasteiger partial charge in [-0.25, -0.2) is 4.98 Å². The summed E-state index contributed by atoms with van der Waals surface area (Å²) in [4.78, 5) is 20.9. The summed E-state index contributed by atoms with van der Waals surface area (Å²) in [6.45, 7) is 3.56. The largest absolute Gasteiger partial charge is 0.336 e. The molecule has 1 amide bonds. The molecule has 0 radical (unpaired) electrons. The average molecular weight is 329 g/mol. The monoisotopic (exact) mass is 329 g/mol. The molecule has 120 valence electrons. The van der Waals surface area contributed by atoms with Gasteiger partial charge >= 0.3 is 0 Å². The predicted octanol–water partition coefficient (Wildman–Crippen LogP) is 2.62. The molecule has 23 heavy (non-hydrogen) atoms. The molecule has 1 atom stereocenters. The van der Waals surface area contributed by atoms with E-state index < -0.39 is 0 Å². The summed E-state index contributed by atoms with van der Waals surface area (Å²) in [6, 6.07) is 2.32. The molecule has 7 heteroatoms. The third kappa shape index (κ3) is 2.45. The van der Waals surface area contributed by atoms with Gasteiger partial charge in [0, 0.05) is 37.9 Å². The van der Waals surface area contributed by atoms with Gasteiger partial charge in [0.25, 0.3) is 5.91 Å². The molecule has 1 aliphatic heterocycles. The second kappa shape index (κ2) is 5.49. The summed E-state index contributed by atoms with van der Waals surface area (Å²) in [6.07, 6.45) is 7.73.